The number of hydrogen-bond donors (Lipinski definition) is 1. The number of rotatable bonds is 4. The molecule has 1 heterocycles. The van der Waals surface area contributed by atoms with Crippen molar-refractivity contribution in [2.45, 2.75) is 47.5 Å². The summed E-state index contributed by atoms with van der Waals surface area (Å²) in [5, 5.41) is 9.08. The van der Waals surface area contributed by atoms with Crippen molar-refractivity contribution in [1.82, 2.24) is 4.90 Å². The minimum Gasteiger partial charge on any atom is -0.481 e. The van der Waals surface area contributed by atoms with Gasteiger partial charge in [-0.05, 0) is 23.7 Å². The highest BCUT2D eigenvalue weighted by Crippen LogP contribution is 2.28. The molecule has 1 amide bonds. The second kappa shape index (κ2) is 5.93. The van der Waals surface area contributed by atoms with Crippen LogP contribution in [0, 0.1) is 23.2 Å². The lowest BCUT2D eigenvalue weighted by atomic mass is 9.84. The van der Waals surface area contributed by atoms with Crippen molar-refractivity contribution in [3.8, 4) is 0 Å². The Labute approximate surface area is 116 Å². The maximum absolute atomic E-state index is 12.2. The molecular formula is C15H27NO3. The SMILES string of the molecule is CC(CC(=O)N1C[C@@H](C)[C@H](C(=O)O)C1)CC(C)(C)C. The van der Waals surface area contributed by atoms with E-state index in [9.17, 15) is 9.59 Å². The maximum Gasteiger partial charge on any atom is 0.308 e. The van der Waals surface area contributed by atoms with Crippen LogP contribution in [0.25, 0.3) is 0 Å². The van der Waals surface area contributed by atoms with E-state index in [1.807, 2.05) is 6.92 Å². The zero-order chi connectivity index (χ0) is 14.8. The minimum atomic E-state index is -0.787. The van der Waals surface area contributed by atoms with Crippen molar-refractivity contribution in [2.24, 2.45) is 23.2 Å². The summed E-state index contributed by atoms with van der Waals surface area (Å²) in [5.41, 5.74) is 0.224. The molecule has 1 aliphatic heterocycles. The molecule has 4 nitrogen and oxygen atoms in total. The number of amides is 1. The van der Waals surface area contributed by atoms with Crippen molar-refractivity contribution in [3.63, 3.8) is 0 Å². The topological polar surface area (TPSA) is 57.6 Å². The molecule has 0 radical (unpaired) electrons. The Morgan fingerprint density at radius 1 is 1.32 bits per heavy atom. The number of aliphatic carboxylic acids is 1. The van der Waals surface area contributed by atoms with Gasteiger partial charge < -0.3 is 10.0 Å². The first-order valence-corrected chi connectivity index (χ1v) is 7.10. The molecule has 1 unspecified atom stereocenters. The van der Waals surface area contributed by atoms with Crippen LogP contribution in [0.1, 0.15) is 47.5 Å². The van der Waals surface area contributed by atoms with Gasteiger partial charge in [0.15, 0.2) is 0 Å². The number of carboxylic acid groups (broad SMARTS) is 1. The van der Waals surface area contributed by atoms with Crippen molar-refractivity contribution in [3.05, 3.63) is 0 Å². The molecule has 1 aliphatic rings. The summed E-state index contributed by atoms with van der Waals surface area (Å²) in [5.74, 6) is -0.689. The van der Waals surface area contributed by atoms with Gasteiger partial charge in [-0.3, -0.25) is 9.59 Å². The second-order valence-corrected chi connectivity index (χ2v) is 7.29. The Morgan fingerprint density at radius 3 is 2.32 bits per heavy atom. The number of carbonyl (C=O) groups is 2. The average Bonchev–Trinajstić information content (AvgIpc) is 2.57. The Kier molecular flexibility index (Phi) is 4.99. The Balaban J connectivity index is 2.49. The molecule has 0 saturated carbocycles. The van der Waals surface area contributed by atoms with Gasteiger partial charge in [0, 0.05) is 19.5 Å². The quantitative estimate of drug-likeness (QED) is 0.853. The first-order valence-electron chi connectivity index (χ1n) is 7.10. The van der Waals surface area contributed by atoms with Crippen molar-refractivity contribution in [2.75, 3.05) is 13.1 Å². The molecule has 1 N–H and O–H groups in total. The number of carbonyl (C=O) groups excluding carboxylic acids is 1. The lowest BCUT2D eigenvalue weighted by Crippen LogP contribution is -2.31. The van der Waals surface area contributed by atoms with E-state index in [2.05, 4.69) is 27.7 Å². The maximum atomic E-state index is 12.2. The van der Waals surface area contributed by atoms with Gasteiger partial charge in [0.1, 0.15) is 0 Å². The van der Waals surface area contributed by atoms with Crippen LogP contribution in [0.2, 0.25) is 0 Å². The minimum absolute atomic E-state index is 0.0550. The molecule has 3 atom stereocenters. The van der Waals surface area contributed by atoms with Gasteiger partial charge >= 0.3 is 5.97 Å². The highest BCUT2D eigenvalue weighted by atomic mass is 16.4. The third kappa shape index (κ3) is 4.84. The fourth-order valence-corrected chi connectivity index (χ4v) is 3.04. The van der Waals surface area contributed by atoms with Crippen LogP contribution in [0.15, 0.2) is 0 Å². The van der Waals surface area contributed by atoms with Gasteiger partial charge in [-0.25, -0.2) is 0 Å². The smallest absolute Gasteiger partial charge is 0.308 e. The Bertz CT molecular complexity index is 346. The summed E-state index contributed by atoms with van der Waals surface area (Å²) in [6.45, 7) is 11.5. The summed E-state index contributed by atoms with van der Waals surface area (Å²) < 4.78 is 0. The Hall–Kier alpha value is -1.06. The van der Waals surface area contributed by atoms with Crippen LogP contribution in [0.3, 0.4) is 0 Å². The summed E-state index contributed by atoms with van der Waals surface area (Å²) in [6.07, 6.45) is 1.53. The molecule has 1 saturated heterocycles. The highest BCUT2D eigenvalue weighted by Gasteiger charge is 2.37. The fourth-order valence-electron chi connectivity index (χ4n) is 3.04. The van der Waals surface area contributed by atoms with E-state index in [-0.39, 0.29) is 17.2 Å². The van der Waals surface area contributed by atoms with Crippen molar-refractivity contribution >= 4 is 11.9 Å². The molecule has 110 valence electrons. The molecule has 19 heavy (non-hydrogen) atoms. The van der Waals surface area contributed by atoms with Gasteiger partial charge in [0.05, 0.1) is 5.92 Å². The van der Waals surface area contributed by atoms with Gasteiger partial charge in [-0.1, -0.05) is 34.6 Å². The van der Waals surface area contributed by atoms with E-state index in [1.54, 1.807) is 4.90 Å². The van der Waals surface area contributed by atoms with Crippen LogP contribution >= 0.6 is 0 Å². The predicted molar refractivity (Wildman–Crippen MR) is 74.7 cm³/mol. The zero-order valence-corrected chi connectivity index (χ0v) is 12.8. The van der Waals surface area contributed by atoms with Gasteiger partial charge in [-0.2, -0.15) is 0 Å². The van der Waals surface area contributed by atoms with E-state index < -0.39 is 11.9 Å². The Morgan fingerprint density at radius 2 is 1.89 bits per heavy atom. The van der Waals surface area contributed by atoms with Gasteiger partial charge in [-0.15, -0.1) is 0 Å². The zero-order valence-electron chi connectivity index (χ0n) is 12.8. The predicted octanol–water partition coefficient (Wildman–Crippen LogP) is 2.63. The van der Waals surface area contributed by atoms with Crippen LogP contribution < -0.4 is 0 Å². The summed E-state index contributed by atoms with van der Waals surface area (Å²) in [7, 11) is 0. The third-order valence-electron chi connectivity index (χ3n) is 3.77. The molecule has 0 spiro atoms. The first kappa shape index (κ1) is 16.0. The molecular weight excluding hydrogens is 242 g/mol. The molecule has 1 rings (SSSR count). The van der Waals surface area contributed by atoms with E-state index in [4.69, 9.17) is 5.11 Å². The van der Waals surface area contributed by atoms with E-state index in [0.29, 0.717) is 25.4 Å². The molecule has 0 aromatic heterocycles. The summed E-state index contributed by atoms with van der Waals surface area (Å²) in [6, 6.07) is 0. The number of carboxylic acids is 1. The van der Waals surface area contributed by atoms with Gasteiger partial charge in [0.25, 0.3) is 0 Å². The monoisotopic (exact) mass is 269 g/mol. The van der Waals surface area contributed by atoms with Crippen molar-refractivity contribution < 1.29 is 14.7 Å². The normalized spacial score (nSPS) is 25.4. The fraction of sp³-hybridized carbons (Fsp3) is 0.867. The standard InChI is InChI=1S/C15H27NO3/c1-10(7-15(3,4)5)6-13(17)16-8-11(2)12(9-16)14(18)19/h10-12H,6-9H2,1-5H3,(H,18,19)/t10?,11-,12-/m1/s1. The van der Waals surface area contributed by atoms with Crippen LogP contribution in [-0.2, 0) is 9.59 Å². The number of hydrogen-bond acceptors (Lipinski definition) is 2. The number of nitrogens with zero attached hydrogens (tertiary/aromatic N) is 1. The first-order chi connectivity index (χ1) is 8.60. The summed E-state index contributed by atoms with van der Waals surface area (Å²) >= 11 is 0. The van der Waals surface area contributed by atoms with E-state index >= 15 is 0 Å². The third-order valence-corrected chi connectivity index (χ3v) is 3.77. The van der Waals surface area contributed by atoms with Crippen LogP contribution in [0.4, 0.5) is 0 Å². The molecule has 0 aliphatic carbocycles. The van der Waals surface area contributed by atoms with Crippen molar-refractivity contribution in [1.29, 1.82) is 0 Å². The van der Waals surface area contributed by atoms with Crippen LogP contribution in [0.5, 0.6) is 0 Å². The lowest BCUT2D eigenvalue weighted by Gasteiger charge is -2.24. The van der Waals surface area contributed by atoms with Crippen LogP contribution in [-0.4, -0.2) is 35.0 Å². The molecule has 0 aromatic carbocycles. The average molecular weight is 269 g/mol. The number of likely N-dealkylation sites (tertiary alicyclic amines) is 1. The molecule has 1 fully saturated rings. The highest BCUT2D eigenvalue weighted by molar-refractivity contribution is 5.79. The lowest BCUT2D eigenvalue weighted by molar-refractivity contribution is -0.142. The van der Waals surface area contributed by atoms with E-state index in [1.165, 1.54) is 0 Å². The summed E-state index contributed by atoms with van der Waals surface area (Å²) in [4.78, 5) is 25.0. The molecule has 0 bridgehead atoms. The molecule has 0 aromatic rings. The second-order valence-electron chi connectivity index (χ2n) is 7.29. The van der Waals surface area contributed by atoms with Gasteiger partial charge in [0.2, 0.25) is 5.91 Å². The largest absolute Gasteiger partial charge is 0.481 e. The van der Waals surface area contributed by atoms with E-state index in [0.717, 1.165) is 6.42 Å². The molecule has 4 heteroatoms.